The molecule has 1 aromatic carbocycles. The van der Waals surface area contributed by atoms with Gasteiger partial charge in [0, 0.05) is 34.4 Å². The first-order chi connectivity index (χ1) is 15.5. The van der Waals surface area contributed by atoms with Crippen LogP contribution in [-0.4, -0.2) is 38.0 Å². The van der Waals surface area contributed by atoms with Gasteiger partial charge in [0.2, 0.25) is 0 Å². The van der Waals surface area contributed by atoms with E-state index in [2.05, 4.69) is 32.9 Å². The molecule has 0 spiro atoms. The second-order valence-electron chi connectivity index (χ2n) is 9.15. The van der Waals surface area contributed by atoms with Gasteiger partial charge in [-0.25, -0.2) is 13.9 Å². The van der Waals surface area contributed by atoms with Crippen LogP contribution in [0.25, 0.3) is 16.9 Å². The van der Waals surface area contributed by atoms with Crippen LogP contribution in [0.15, 0.2) is 34.8 Å². The summed E-state index contributed by atoms with van der Waals surface area (Å²) in [7, 11) is 0. The SMILES string of the molecule is CCc1cc(C(=O)N2CC[C@@H]3CCCC[C@@H]3[C@H]2C)nc2cc(-c3ccc(Br)cc3F)nn12. The van der Waals surface area contributed by atoms with Crippen LogP contribution in [0.1, 0.15) is 62.1 Å². The second kappa shape index (κ2) is 8.58. The van der Waals surface area contributed by atoms with Gasteiger partial charge in [0.1, 0.15) is 11.5 Å². The lowest BCUT2D eigenvalue weighted by Crippen LogP contribution is -2.51. The minimum absolute atomic E-state index is 0.00343. The highest BCUT2D eigenvalue weighted by molar-refractivity contribution is 9.10. The largest absolute Gasteiger partial charge is 0.334 e. The Labute approximate surface area is 196 Å². The molecular formula is C25H28BrFN4O. The molecule has 0 N–H and O–H groups in total. The van der Waals surface area contributed by atoms with Crippen LogP contribution in [0, 0.1) is 17.7 Å². The molecule has 3 heterocycles. The first kappa shape index (κ1) is 21.6. The Kier molecular flexibility index (Phi) is 5.78. The third-order valence-electron chi connectivity index (χ3n) is 7.37. The van der Waals surface area contributed by atoms with E-state index in [1.807, 2.05) is 17.9 Å². The molecule has 2 aliphatic rings. The van der Waals surface area contributed by atoms with Gasteiger partial charge in [-0.2, -0.15) is 5.10 Å². The molecule has 1 amide bonds. The molecule has 0 bridgehead atoms. The molecule has 0 radical (unpaired) electrons. The van der Waals surface area contributed by atoms with Crippen molar-refractivity contribution in [2.24, 2.45) is 11.8 Å². The minimum atomic E-state index is -0.346. The monoisotopic (exact) mass is 498 g/mol. The number of hydrogen-bond acceptors (Lipinski definition) is 3. The van der Waals surface area contributed by atoms with E-state index in [0.717, 1.165) is 24.6 Å². The zero-order valence-corrected chi connectivity index (χ0v) is 20.1. The number of fused-ring (bicyclic) bond motifs is 2. The van der Waals surface area contributed by atoms with Crippen molar-refractivity contribution in [3.05, 3.63) is 52.0 Å². The molecule has 5 nitrogen and oxygen atoms in total. The highest BCUT2D eigenvalue weighted by Gasteiger charge is 2.39. The van der Waals surface area contributed by atoms with Crippen LogP contribution < -0.4 is 0 Å². The van der Waals surface area contributed by atoms with Crippen molar-refractivity contribution >= 4 is 27.5 Å². The fourth-order valence-corrected chi connectivity index (χ4v) is 5.96. The molecule has 0 unspecified atom stereocenters. The standard InChI is InChI=1S/C25H28BrFN4O/c1-3-18-13-23(25(32)30-11-10-16-6-4-5-7-19(16)15(30)2)28-24-14-22(29-31(18)24)20-9-8-17(26)12-21(20)27/h8-9,12-16,19H,3-7,10-11H2,1-2H3/t15-,16+,19-/m1/s1. The zero-order valence-electron chi connectivity index (χ0n) is 18.5. The third-order valence-corrected chi connectivity index (χ3v) is 7.86. The van der Waals surface area contributed by atoms with Crippen LogP contribution in [-0.2, 0) is 6.42 Å². The molecule has 5 rings (SSSR count). The normalized spacial score (nSPS) is 23.4. The Morgan fingerprint density at radius 3 is 2.78 bits per heavy atom. The third kappa shape index (κ3) is 3.74. The van der Waals surface area contributed by atoms with Crippen molar-refractivity contribution in [1.29, 1.82) is 0 Å². The van der Waals surface area contributed by atoms with Crippen molar-refractivity contribution in [3.8, 4) is 11.3 Å². The zero-order chi connectivity index (χ0) is 22.4. The molecule has 1 aliphatic heterocycles. The van der Waals surface area contributed by atoms with Gasteiger partial charge in [-0.05, 0) is 62.3 Å². The average molecular weight is 499 g/mol. The molecule has 1 aliphatic carbocycles. The van der Waals surface area contributed by atoms with Gasteiger partial charge in [-0.3, -0.25) is 4.79 Å². The van der Waals surface area contributed by atoms with Crippen LogP contribution in [0.3, 0.4) is 0 Å². The summed E-state index contributed by atoms with van der Waals surface area (Å²) in [6.45, 7) is 5.03. The Morgan fingerprint density at radius 1 is 1.19 bits per heavy atom. The summed E-state index contributed by atoms with van der Waals surface area (Å²) < 4.78 is 16.9. The molecule has 32 heavy (non-hydrogen) atoms. The van der Waals surface area contributed by atoms with Crippen molar-refractivity contribution < 1.29 is 9.18 Å². The summed E-state index contributed by atoms with van der Waals surface area (Å²) in [5.41, 5.74) is 2.85. The molecule has 168 valence electrons. The molecule has 3 atom stereocenters. The van der Waals surface area contributed by atoms with Gasteiger partial charge >= 0.3 is 0 Å². The summed E-state index contributed by atoms with van der Waals surface area (Å²) in [4.78, 5) is 20.2. The molecule has 7 heteroatoms. The van der Waals surface area contributed by atoms with Gasteiger partial charge in [0.25, 0.3) is 5.91 Å². The fourth-order valence-electron chi connectivity index (χ4n) is 5.63. The number of benzene rings is 1. The van der Waals surface area contributed by atoms with Crippen molar-refractivity contribution in [1.82, 2.24) is 19.5 Å². The van der Waals surface area contributed by atoms with Gasteiger partial charge in [0.05, 0.1) is 5.69 Å². The lowest BCUT2D eigenvalue weighted by molar-refractivity contribution is 0.0259. The van der Waals surface area contributed by atoms with Crippen LogP contribution >= 0.6 is 15.9 Å². The van der Waals surface area contributed by atoms with Crippen LogP contribution in [0.4, 0.5) is 4.39 Å². The molecule has 2 aromatic heterocycles. The van der Waals surface area contributed by atoms with Crippen LogP contribution in [0.5, 0.6) is 0 Å². The van der Waals surface area contributed by atoms with E-state index in [0.29, 0.717) is 39.4 Å². The van der Waals surface area contributed by atoms with E-state index >= 15 is 0 Å². The highest BCUT2D eigenvalue weighted by Crippen LogP contribution is 2.40. The summed E-state index contributed by atoms with van der Waals surface area (Å²) >= 11 is 3.30. The number of piperidine rings is 1. The lowest BCUT2D eigenvalue weighted by atomic mass is 9.71. The smallest absolute Gasteiger partial charge is 0.272 e. The van der Waals surface area contributed by atoms with E-state index in [1.165, 1.54) is 31.7 Å². The van der Waals surface area contributed by atoms with E-state index in [1.54, 1.807) is 22.7 Å². The quantitative estimate of drug-likeness (QED) is 0.451. The Hall–Kier alpha value is -2.28. The first-order valence-electron chi connectivity index (χ1n) is 11.6. The van der Waals surface area contributed by atoms with E-state index in [4.69, 9.17) is 0 Å². The van der Waals surface area contributed by atoms with Crippen LogP contribution in [0.2, 0.25) is 0 Å². The number of aryl methyl sites for hydroxylation is 1. The summed E-state index contributed by atoms with van der Waals surface area (Å²) in [6, 6.07) is 8.78. The summed E-state index contributed by atoms with van der Waals surface area (Å²) in [5, 5.41) is 4.60. The summed E-state index contributed by atoms with van der Waals surface area (Å²) in [5.74, 6) is 0.998. The average Bonchev–Trinajstić information content (AvgIpc) is 3.22. The topological polar surface area (TPSA) is 50.5 Å². The predicted octanol–water partition coefficient (Wildman–Crippen LogP) is 5.90. The molecular weight excluding hydrogens is 471 g/mol. The number of amides is 1. The van der Waals surface area contributed by atoms with Crippen molar-refractivity contribution in [3.63, 3.8) is 0 Å². The number of halogens is 2. The lowest BCUT2D eigenvalue weighted by Gasteiger charge is -2.46. The molecule has 1 saturated heterocycles. The maximum absolute atomic E-state index is 14.5. The number of nitrogens with zero attached hydrogens (tertiary/aromatic N) is 4. The Morgan fingerprint density at radius 2 is 2.00 bits per heavy atom. The minimum Gasteiger partial charge on any atom is -0.334 e. The number of carbonyl (C=O) groups excluding carboxylic acids is 1. The molecule has 2 fully saturated rings. The predicted molar refractivity (Wildman–Crippen MR) is 126 cm³/mol. The molecule has 1 saturated carbocycles. The van der Waals surface area contributed by atoms with E-state index < -0.39 is 0 Å². The first-order valence-corrected chi connectivity index (χ1v) is 12.4. The summed E-state index contributed by atoms with van der Waals surface area (Å²) in [6.07, 6.45) is 6.89. The number of carbonyl (C=O) groups is 1. The van der Waals surface area contributed by atoms with E-state index in [-0.39, 0.29) is 17.8 Å². The van der Waals surface area contributed by atoms with Gasteiger partial charge < -0.3 is 4.90 Å². The maximum Gasteiger partial charge on any atom is 0.272 e. The second-order valence-corrected chi connectivity index (χ2v) is 10.1. The Bertz CT molecular complexity index is 1180. The number of likely N-dealkylation sites (tertiary alicyclic amines) is 1. The fraction of sp³-hybridized carbons (Fsp3) is 0.480. The van der Waals surface area contributed by atoms with Gasteiger partial charge in [0.15, 0.2) is 5.65 Å². The highest BCUT2D eigenvalue weighted by atomic mass is 79.9. The number of rotatable bonds is 3. The van der Waals surface area contributed by atoms with Crippen molar-refractivity contribution in [2.45, 2.75) is 58.4 Å². The maximum atomic E-state index is 14.5. The Balaban J connectivity index is 1.50. The number of hydrogen-bond donors (Lipinski definition) is 0. The number of aromatic nitrogens is 3. The van der Waals surface area contributed by atoms with E-state index in [9.17, 15) is 9.18 Å². The van der Waals surface area contributed by atoms with Gasteiger partial charge in [-0.15, -0.1) is 0 Å². The van der Waals surface area contributed by atoms with Crippen molar-refractivity contribution in [2.75, 3.05) is 6.54 Å². The molecule has 3 aromatic rings. The van der Waals surface area contributed by atoms with Gasteiger partial charge in [-0.1, -0.05) is 42.1 Å².